The Hall–Kier alpha value is -2.89. The summed E-state index contributed by atoms with van der Waals surface area (Å²) in [6.45, 7) is 0.426. The maximum Gasteiger partial charge on any atom is 0.305 e. The number of halogens is 1. The molecule has 6 heteroatoms. The molecule has 1 heterocycles. The highest BCUT2D eigenvalue weighted by atomic mass is 19.1. The summed E-state index contributed by atoms with van der Waals surface area (Å²) in [7, 11) is 0. The van der Waals surface area contributed by atoms with Crippen molar-refractivity contribution in [3.8, 4) is 5.75 Å². The minimum atomic E-state index is -1.04. The zero-order valence-electron chi connectivity index (χ0n) is 13.4. The SMILES string of the molecule is O=C(O)C[C@H](NC(=O)[C@H]1CCOc2ccccc21)c1ccc(F)cc1. The predicted octanol–water partition coefficient (Wildman–Crippen LogP) is 3.02. The van der Waals surface area contributed by atoms with Crippen molar-refractivity contribution in [2.75, 3.05) is 6.61 Å². The van der Waals surface area contributed by atoms with Gasteiger partial charge in [0, 0.05) is 5.56 Å². The fraction of sp³-hybridized carbons (Fsp3) is 0.263. The molecule has 1 aliphatic rings. The first-order valence-electron chi connectivity index (χ1n) is 8.04. The molecule has 0 saturated heterocycles. The Labute approximate surface area is 144 Å². The van der Waals surface area contributed by atoms with Gasteiger partial charge in [-0.1, -0.05) is 30.3 Å². The van der Waals surface area contributed by atoms with Gasteiger partial charge < -0.3 is 15.2 Å². The van der Waals surface area contributed by atoms with E-state index in [1.54, 1.807) is 0 Å². The molecule has 2 atom stereocenters. The van der Waals surface area contributed by atoms with E-state index in [4.69, 9.17) is 9.84 Å². The number of ether oxygens (including phenoxy) is 1. The minimum absolute atomic E-state index is 0.258. The molecular weight excluding hydrogens is 325 g/mol. The Morgan fingerprint density at radius 1 is 1.20 bits per heavy atom. The first-order valence-corrected chi connectivity index (χ1v) is 8.04. The number of para-hydroxylation sites is 1. The number of carbonyl (C=O) groups excluding carboxylic acids is 1. The van der Waals surface area contributed by atoms with Crippen LogP contribution in [-0.2, 0) is 9.59 Å². The number of hydrogen-bond donors (Lipinski definition) is 2. The van der Waals surface area contributed by atoms with Crippen LogP contribution in [0.15, 0.2) is 48.5 Å². The molecule has 0 aliphatic carbocycles. The summed E-state index contributed by atoms with van der Waals surface area (Å²) in [5.41, 5.74) is 1.34. The molecule has 2 aromatic carbocycles. The van der Waals surface area contributed by atoms with Gasteiger partial charge in [0.15, 0.2) is 0 Å². The van der Waals surface area contributed by atoms with E-state index in [2.05, 4.69) is 5.32 Å². The Bertz CT molecular complexity index is 775. The van der Waals surface area contributed by atoms with Gasteiger partial charge in [0.2, 0.25) is 5.91 Å². The van der Waals surface area contributed by atoms with E-state index < -0.39 is 23.7 Å². The van der Waals surface area contributed by atoms with Gasteiger partial charge in [0.1, 0.15) is 11.6 Å². The number of hydrogen-bond acceptors (Lipinski definition) is 3. The second-order valence-corrected chi connectivity index (χ2v) is 5.94. The largest absolute Gasteiger partial charge is 0.493 e. The molecule has 3 rings (SSSR count). The van der Waals surface area contributed by atoms with Gasteiger partial charge in [-0.3, -0.25) is 9.59 Å². The van der Waals surface area contributed by atoms with Crippen LogP contribution in [0.3, 0.4) is 0 Å². The van der Waals surface area contributed by atoms with E-state index in [0.29, 0.717) is 24.3 Å². The summed E-state index contributed by atoms with van der Waals surface area (Å²) >= 11 is 0. The minimum Gasteiger partial charge on any atom is -0.493 e. The number of carboxylic acids is 1. The average molecular weight is 343 g/mol. The number of aliphatic carboxylic acids is 1. The number of carboxylic acid groups (broad SMARTS) is 1. The van der Waals surface area contributed by atoms with Crippen molar-refractivity contribution < 1.29 is 23.8 Å². The highest BCUT2D eigenvalue weighted by molar-refractivity contribution is 5.85. The first-order chi connectivity index (χ1) is 12.0. The Balaban J connectivity index is 1.81. The molecule has 0 saturated carbocycles. The summed E-state index contributed by atoms with van der Waals surface area (Å²) in [5.74, 6) is -1.44. The van der Waals surface area contributed by atoms with E-state index in [-0.39, 0.29) is 12.3 Å². The van der Waals surface area contributed by atoms with Crippen LogP contribution in [0.4, 0.5) is 4.39 Å². The lowest BCUT2D eigenvalue weighted by Gasteiger charge is -2.27. The van der Waals surface area contributed by atoms with Crippen LogP contribution in [0, 0.1) is 5.82 Å². The molecule has 0 spiro atoms. The van der Waals surface area contributed by atoms with Gasteiger partial charge in [-0.05, 0) is 30.2 Å². The van der Waals surface area contributed by atoms with Crippen LogP contribution in [0.1, 0.15) is 35.9 Å². The molecule has 2 N–H and O–H groups in total. The van der Waals surface area contributed by atoms with E-state index in [1.807, 2.05) is 24.3 Å². The third-order valence-corrected chi connectivity index (χ3v) is 4.24. The lowest BCUT2D eigenvalue weighted by Crippen LogP contribution is -2.36. The summed E-state index contributed by atoms with van der Waals surface area (Å²) in [5, 5.41) is 11.9. The second kappa shape index (κ2) is 7.34. The molecule has 25 heavy (non-hydrogen) atoms. The Kier molecular flexibility index (Phi) is 4.97. The highest BCUT2D eigenvalue weighted by Crippen LogP contribution is 2.34. The fourth-order valence-corrected chi connectivity index (χ4v) is 3.01. The normalized spacial score (nSPS) is 17.1. The molecular formula is C19H18FNO4. The maximum absolute atomic E-state index is 13.1. The molecule has 0 aromatic heterocycles. The summed E-state index contributed by atoms with van der Waals surface area (Å²) in [6.07, 6.45) is 0.244. The third-order valence-electron chi connectivity index (χ3n) is 4.24. The lowest BCUT2D eigenvalue weighted by molar-refractivity contribution is -0.137. The lowest BCUT2D eigenvalue weighted by atomic mass is 9.91. The fourth-order valence-electron chi connectivity index (χ4n) is 3.01. The maximum atomic E-state index is 13.1. The van der Waals surface area contributed by atoms with Crippen molar-refractivity contribution in [3.63, 3.8) is 0 Å². The van der Waals surface area contributed by atoms with E-state index in [0.717, 1.165) is 5.56 Å². The first kappa shape index (κ1) is 17.0. The number of rotatable bonds is 5. The quantitative estimate of drug-likeness (QED) is 0.875. The number of fused-ring (bicyclic) bond motifs is 1. The topological polar surface area (TPSA) is 75.6 Å². The molecule has 0 radical (unpaired) electrons. The Morgan fingerprint density at radius 3 is 2.64 bits per heavy atom. The smallest absolute Gasteiger partial charge is 0.305 e. The molecule has 0 unspecified atom stereocenters. The van der Waals surface area contributed by atoms with E-state index >= 15 is 0 Å². The van der Waals surface area contributed by atoms with Crippen molar-refractivity contribution in [1.29, 1.82) is 0 Å². The van der Waals surface area contributed by atoms with Crippen molar-refractivity contribution in [1.82, 2.24) is 5.32 Å². The van der Waals surface area contributed by atoms with E-state index in [9.17, 15) is 14.0 Å². The summed E-state index contributed by atoms with van der Waals surface area (Å²) < 4.78 is 18.7. The van der Waals surface area contributed by atoms with Crippen molar-refractivity contribution >= 4 is 11.9 Å². The molecule has 2 aromatic rings. The van der Waals surface area contributed by atoms with Crippen LogP contribution in [0.2, 0.25) is 0 Å². The molecule has 1 aliphatic heterocycles. The number of nitrogens with one attached hydrogen (secondary N) is 1. The van der Waals surface area contributed by atoms with Gasteiger partial charge in [-0.15, -0.1) is 0 Å². The van der Waals surface area contributed by atoms with Gasteiger partial charge in [0.05, 0.1) is 25.0 Å². The number of benzene rings is 2. The molecule has 1 amide bonds. The molecule has 0 bridgehead atoms. The van der Waals surface area contributed by atoms with Crippen molar-refractivity contribution in [2.45, 2.75) is 24.8 Å². The third kappa shape index (κ3) is 3.96. The van der Waals surface area contributed by atoms with Gasteiger partial charge in [-0.2, -0.15) is 0 Å². The van der Waals surface area contributed by atoms with Crippen LogP contribution >= 0.6 is 0 Å². The highest BCUT2D eigenvalue weighted by Gasteiger charge is 2.29. The molecule has 5 nitrogen and oxygen atoms in total. The van der Waals surface area contributed by atoms with Crippen LogP contribution in [0.5, 0.6) is 5.75 Å². The van der Waals surface area contributed by atoms with Crippen LogP contribution in [-0.4, -0.2) is 23.6 Å². The Morgan fingerprint density at radius 2 is 1.92 bits per heavy atom. The van der Waals surface area contributed by atoms with Crippen molar-refractivity contribution in [3.05, 3.63) is 65.5 Å². The molecule has 0 fully saturated rings. The number of carbonyl (C=O) groups is 2. The van der Waals surface area contributed by atoms with Crippen LogP contribution < -0.4 is 10.1 Å². The zero-order valence-corrected chi connectivity index (χ0v) is 13.4. The standard InChI is InChI=1S/C19H18FNO4/c20-13-7-5-12(6-8-13)16(11-18(22)23)21-19(24)15-9-10-25-17-4-2-1-3-14(15)17/h1-8,15-16H,9-11H2,(H,21,24)(H,22,23)/t15-,16-/m0/s1. The summed E-state index contributed by atoms with van der Waals surface area (Å²) in [4.78, 5) is 23.9. The van der Waals surface area contributed by atoms with Crippen LogP contribution in [0.25, 0.3) is 0 Å². The van der Waals surface area contributed by atoms with Gasteiger partial charge in [0.25, 0.3) is 0 Å². The second-order valence-electron chi connectivity index (χ2n) is 5.94. The van der Waals surface area contributed by atoms with Gasteiger partial charge >= 0.3 is 5.97 Å². The zero-order chi connectivity index (χ0) is 17.8. The van der Waals surface area contributed by atoms with Crippen molar-refractivity contribution in [2.24, 2.45) is 0 Å². The monoisotopic (exact) mass is 343 g/mol. The predicted molar refractivity (Wildman–Crippen MR) is 88.8 cm³/mol. The molecule has 130 valence electrons. The average Bonchev–Trinajstić information content (AvgIpc) is 2.61. The van der Waals surface area contributed by atoms with Gasteiger partial charge in [-0.25, -0.2) is 4.39 Å². The number of amides is 1. The summed E-state index contributed by atoms with van der Waals surface area (Å²) in [6, 6.07) is 12.1. The van der Waals surface area contributed by atoms with E-state index in [1.165, 1.54) is 24.3 Å².